The molecule has 46 heavy (non-hydrogen) atoms. The van der Waals surface area contributed by atoms with Gasteiger partial charge < -0.3 is 9.73 Å². The van der Waals surface area contributed by atoms with Crippen LogP contribution in [0, 0.1) is 0 Å². The third-order valence-electron chi connectivity index (χ3n) is 8.69. The minimum atomic E-state index is -0.264. The van der Waals surface area contributed by atoms with Crippen LogP contribution in [0.2, 0.25) is 0 Å². The lowest BCUT2D eigenvalue weighted by molar-refractivity contribution is 0.623. The molecule has 1 unspecified atom stereocenters. The number of hydrogen-bond acceptors (Lipinski definition) is 4. The summed E-state index contributed by atoms with van der Waals surface area (Å²) in [6.45, 7) is 0. The fraction of sp³-hybridized carbons (Fsp3) is 0.0244. The lowest BCUT2D eigenvalue weighted by Crippen LogP contribution is -2.27. The standard InChI is InChI=1S/C41H28N4O/c1-4-12-27(13-5-1)28-20-22-29(23-21-28)34-26-37(44-40(42-34)30-14-6-2-7-15-30)45-35-19-11-10-18-32(35)38-36(45)25-24-33-39(38)46-41(43-33)31-16-8-3-9-17-31/h1-26,40,42H. The van der Waals surface area contributed by atoms with Gasteiger partial charge in [0.25, 0.3) is 0 Å². The van der Waals surface area contributed by atoms with E-state index < -0.39 is 0 Å². The Morgan fingerprint density at radius 2 is 1.20 bits per heavy atom. The van der Waals surface area contributed by atoms with Gasteiger partial charge in [0.1, 0.15) is 17.5 Å². The van der Waals surface area contributed by atoms with Gasteiger partial charge in [-0.15, -0.1) is 0 Å². The highest BCUT2D eigenvalue weighted by molar-refractivity contribution is 6.23. The number of rotatable bonds is 4. The van der Waals surface area contributed by atoms with Gasteiger partial charge >= 0.3 is 0 Å². The summed E-state index contributed by atoms with van der Waals surface area (Å²) >= 11 is 0. The molecule has 8 aromatic rings. The van der Waals surface area contributed by atoms with Crippen molar-refractivity contribution < 1.29 is 4.42 Å². The van der Waals surface area contributed by atoms with Gasteiger partial charge in [-0.2, -0.15) is 0 Å². The molecule has 1 atom stereocenters. The fourth-order valence-corrected chi connectivity index (χ4v) is 6.46. The Morgan fingerprint density at radius 1 is 0.565 bits per heavy atom. The van der Waals surface area contributed by atoms with Crippen LogP contribution in [0.25, 0.3) is 61.2 Å². The fourth-order valence-electron chi connectivity index (χ4n) is 6.46. The number of oxazole rings is 1. The number of para-hydroxylation sites is 1. The summed E-state index contributed by atoms with van der Waals surface area (Å²) in [6, 6.07) is 52.3. The maximum atomic E-state index is 6.51. The zero-order valence-electron chi connectivity index (χ0n) is 24.8. The van der Waals surface area contributed by atoms with Crippen LogP contribution in [-0.4, -0.2) is 15.4 Å². The van der Waals surface area contributed by atoms with Gasteiger partial charge in [0.05, 0.1) is 16.4 Å². The van der Waals surface area contributed by atoms with E-state index in [4.69, 9.17) is 14.4 Å². The molecule has 0 radical (unpaired) electrons. The van der Waals surface area contributed by atoms with Crippen LogP contribution >= 0.6 is 0 Å². The Labute approximate surface area is 265 Å². The molecular formula is C41H28N4O. The van der Waals surface area contributed by atoms with Gasteiger partial charge in [0, 0.05) is 22.7 Å². The third kappa shape index (κ3) is 4.41. The average molecular weight is 593 g/mol. The van der Waals surface area contributed by atoms with Gasteiger partial charge in [-0.05, 0) is 52.6 Å². The number of hydrogen-bond donors (Lipinski definition) is 1. The van der Waals surface area contributed by atoms with Crippen LogP contribution in [0.5, 0.6) is 0 Å². The average Bonchev–Trinajstić information content (AvgIpc) is 3.72. The Balaban J connectivity index is 1.23. The molecule has 1 N–H and O–H groups in total. The van der Waals surface area contributed by atoms with Crippen molar-refractivity contribution in [3.8, 4) is 22.6 Å². The minimum absolute atomic E-state index is 0.264. The Kier molecular flexibility index (Phi) is 6.13. The summed E-state index contributed by atoms with van der Waals surface area (Å²) in [5.41, 5.74) is 10.2. The zero-order chi connectivity index (χ0) is 30.5. The van der Waals surface area contributed by atoms with Crippen LogP contribution in [0.3, 0.4) is 0 Å². The molecule has 0 bridgehead atoms. The lowest BCUT2D eigenvalue weighted by atomic mass is 10.0. The van der Waals surface area contributed by atoms with Crippen molar-refractivity contribution in [2.45, 2.75) is 6.17 Å². The van der Waals surface area contributed by atoms with Gasteiger partial charge in [-0.3, -0.25) is 4.57 Å². The molecule has 5 nitrogen and oxygen atoms in total. The third-order valence-corrected chi connectivity index (χ3v) is 8.69. The lowest BCUT2D eigenvalue weighted by Gasteiger charge is -2.25. The number of nitrogens with one attached hydrogen (secondary N) is 1. The van der Waals surface area contributed by atoms with E-state index in [-0.39, 0.29) is 6.17 Å². The highest BCUT2D eigenvalue weighted by atomic mass is 16.3. The summed E-state index contributed by atoms with van der Waals surface area (Å²) in [4.78, 5) is 10.2. The molecular weight excluding hydrogens is 564 g/mol. The second-order valence-electron chi connectivity index (χ2n) is 11.5. The first-order chi connectivity index (χ1) is 22.8. The van der Waals surface area contributed by atoms with E-state index in [2.05, 4.69) is 119 Å². The highest BCUT2D eigenvalue weighted by Crippen LogP contribution is 2.38. The normalized spacial score (nSPS) is 14.7. The number of aliphatic imine (C=N–C) groups is 1. The first kappa shape index (κ1) is 26.2. The predicted octanol–water partition coefficient (Wildman–Crippen LogP) is 9.86. The SMILES string of the molecule is C1=C(c2ccc(-c3ccccc3)cc2)NC(c2ccccc2)N=C1n1c2ccccc2c2c3oc(-c4ccccc4)nc3ccc21. The molecule has 6 aromatic carbocycles. The second-order valence-corrected chi connectivity index (χ2v) is 11.5. The molecule has 0 fully saturated rings. The topological polar surface area (TPSA) is 55.4 Å². The van der Waals surface area contributed by atoms with Crippen LogP contribution in [0.4, 0.5) is 0 Å². The minimum Gasteiger partial charge on any atom is -0.435 e. The number of fused-ring (bicyclic) bond motifs is 5. The highest BCUT2D eigenvalue weighted by Gasteiger charge is 2.24. The van der Waals surface area contributed by atoms with E-state index in [0.29, 0.717) is 5.89 Å². The molecule has 0 spiro atoms. The number of benzene rings is 6. The van der Waals surface area contributed by atoms with Crippen LogP contribution in [0.15, 0.2) is 167 Å². The molecule has 1 aliphatic rings. The monoisotopic (exact) mass is 592 g/mol. The molecule has 2 aromatic heterocycles. The zero-order valence-corrected chi connectivity index (χ0v) is 24.8. The van der Waals surface area contributed by atoms with Crippen molar-refractivity contribution in [2.24, 2.45) is 4.99 Å². The molecule has 0 saturated carbocycles. The van der Waals surface area contributed by atoms with Crippen molar-refractivity contribution >= 4 is 44.4 Å². The molecule has 0 aliphatic carbocycles. The molecule has 3 heterocycles. The largest absolute Gasteiger partial charge is 0.435 e. The number of allylic oxidation sites excluding steroid dienone is 1. The Morgan fingerprint density at radius 3 is 1.96 bits per heavy atom. The van der Waals surface area contributed by atoms with Crippen molar-refractivity contribution in [2.75, 3.05) is 0 Å². The van der Waals surface area contributed by atoms with Gasteiger partial charge in [0.2, 0.25) is 5.89 Å². The molecule has 0 saturated heterocycles. The number of nitrogens with zero attached hydrogens (tertiary/aromatic N) is 3. The van der Waals surface area contributed by atoms with Crippen LogP contribution in [0.1, 0.15) is 17.3 Å². The van der Waals surface area contributed by atoms with E-state index in [0.717, 1.165) is 61.1 Å². The number of aromatic nitrogens is 2. The van der Waals surface area contributed by atoms with E-state index >= 15 is 0 Å². The van der Waals surface area contributed by atoms with Crippen molar-refractivity contribution in [3.05, 3.63) is 169 Å². The molecule has 1 aliphatic heterocycles. The summed E-state index contributed by atoms with van der Waals surface area (Å²) < 4.78 is 8.77. The van der Waals surface area contributed by atoms with Gasteiger partial charge in [0.15, 0.2) is 5.58 Å². The van der Waals surface area contributed by atoms with Crippen LogP contribution in [-0.2, 0) is 0 Å². The maximum absolute atomic E-state index is 6.51. The van der Waals surface area contributed by atoms with E-state index in [1.54, 1.807) is 0 Å². The Hall–Kier alpha value is -6.20. The molecule has 218 valence electrons. The first-order valence-corrected chi connectivity index (χ1v) is 15.5. The summed E-state index contributed by atoms with van der Waals surface area (Å²) in [6.07, 6.45) is 1.89. The quantitative estimate of drug-likeness (QED) is 0.221. The van der Waals surface area contributed by atoms with Crippen LogP contribution < -0.4 is 5.32 Å². The molecule has 9 rings (SSSR count). The second kappa shape index (κ2) is 10.8. The Bertz CT molecular complexity index is 2420. The van der Waals surface area contributed by atoms with E-state index in [9.17, 15) is 0 Å². The van der Waals surface area contributed by atoms with E-state index in [1.807, 2.05) is 48.5 Å². The predicted molar refractivity (Wildman–Crippen MR) is 187 cm³/mol. The van der Waals surface area contributed by atoms with Gasteiger partial charge in [-0.25, -0.2) is 9.98 Å². The first-order valence-electron chi connectivity index (χ1n) is 15.5. The summed E-state index contributed by atoms with van der Waals surface area (Å²) in [5.74, 6) is 1.47. The summed E-state index contributed by atoms with van der Waals surface area (Å²) in [7, 11) is 0. The van der Waals surface area contributed by atoms with E-state index in [1.165, 1.54) is 11.1 Å². The maximum Gasteiger partial charge on any atom is 0.227 e. The molecule has 0 amide bonds. The summed E-state index contributed by atoms with van der Waals surface area (Å²) in [5, 5.41) is 5.84. The smallest absolute Gasteiger partial charge is 0.227 e. The molecule has 5 heteroatoms. The van der Waals surface area contributed by atoms with Gasteiger partial charge in [-0.1, -0.05) is 121 Å². The van der Waals surface area contributed by atoms with Crippen molar-refractivity contribution in [1.29, 1.82) is 0 Å². The van der Waals surface area contributed by atoms with Crippen molar-refractivity contribution in [1.82, 2.24) is 14.9 Å². The van der Waals surface area contributed by atoms with Crippen molar-refractivity contribution in [3.63, 3.8) is 0 Å².